The number of aryl methyl sites for hydroxylation is 2. The third-order valence-electron chi connectivity index (χ3n) is 5.06. The minimum atomic E-state index is -3.88. The van der Waals surface area contributed by atoms with Gasteiger partial charge < -0.3 is 9.47 Å². The SMILES string of the molecule is COc1ccc(S(=O)(=O)N2CCCN(S(=O)(=O)c3c(C)n[nH]c3C)CC2)c(OC)c1. The summed E-state index contributed by atoms with van der Waals surface area (Å²) in [5, 5.41) is 6.65. The van der Waals surface area contributed by atoms with Gasteiger partial charge in [0.2, 0.25) is 20.0 Å². The van der Waals surface area contributed by atoms with Crippen LogP contribution < -0.4 is 9.47 Å². The molecule has 1 N–H and O–H groups in total. The van der Waals surface area contributed by atoms with Gasteiger partial charge in [0.25, 0.3) is 0 Å². The Balaban J connectivity index is 1.86. The van der Waals surface area contributed by atoms with Crippen molar-refractivity contribution in [2.75, 3.05) is 40.4 Å². The highest BCUT2D eigenvalue weighted by Gasteiger charge is 2.35. The number of aromatic nitrogens is 2. The minimum Gasteiger partial charge on any atom is -0.497 e. The summed E-state index contributed by atoms with van der Waals surface area (Å²) < 4.78 is 65.7. The number of sulfonamides is 2. The van der Waals surface area contributed by atoms with E-state index >= 15 is 0 Å². The number of nitrogens with zero attached hydrogens (tertiary/aromatic N) is 3. The number of nitrogens with one attached hydrogen (secondary N) is 1. The van der Waals surface area contributed by atoms with Gasteiger partial charge in [0, 0.05) is 32.2 Å². The van der Waals surface area contributed by atoms with Crippen LogP contribution in [0.25, 0.3) is 0 Å². The van der Waals surface area contributed by atoms with E-state index in [4.69, 9.17) is 9.47 Å². The van der Waals surface area contributed by atoms with E-state index < -0.39 is 20.0 Å². The number of H-pyrrole nitrogens is 1. The molecule has 1 fully saturated rings. The fourth-order valence-electron chi connectivity index (χ4n) is 3.53. The molecule has 0 atom stereocenters. The van der Waals surface area contributed by atoms with Gasteiger partial charge in [-0.1, -0.05) is 0 Å². The van der Waals surface area contributed by atoms with Crippen LogP contribution in [0.2, 0.25) is 0 Å². The molecule has 30 heavy (non-hydrogen) atoms. The van der Waals surface area contributed by atoms with E-state index in [9.17, 15) is 16.8 Å². The van der Waals surface area contributed by atoms with Crippen LogP contribution >= 0.6 is 0 Å². The highest BCUT2D eigenvalue weighted by atomic mass is 32.2. The molecule has 2 heterocycles. The maximum Gasteiger partial charge on any atom is 0.246 e. The topological polar surface area (TPSA) is 122 Å². The Morgan fingerprint density at radius 2 is 1.57 bits per heavy atom. The summed E-state index contributed by atoms with van der Waals surface area (Å²) in [6, 6.07) is 4.49. The van der Waals surface area contributed by atoms with Crippen LogP contribution in [0.4, 0.5) is 0 Å². The molecule has 3 rings (SSSR count). The van der Waals surface area contributed by atoms with Gasteiger partial charge >= 0.3 is 0 Å². The zero-order valence-corrected chi connectivity index (χ0v) is 19.0. The molecule has 1 aromatic heterocycles. The van der Waals surface area contributed by atoms with E-state index in [1.165, 1.54) is 35.0 Å². The predicted molar refractivity (Wildman–Crippen MR) is 110 cm³/mol. The van der Waals surface area contributed by atoms with Gasteiger partial charge in [-0.25, -0.2) is 16.8 Å². The quantitative estimate of drug-likeness (QED) is 0.688. The van der Waals surface area contributed by atoms with Crippen LogP contribution in [0.1, 0.15) is 17.8 Å². The number of aromatic amines is 1. The molecular weight excluding hydrogens is 432 g/mol. The molecular formula is C18H26N4O6S2. The van der Waals surface area contributed by atoms with E-state index in [2.05, 4.69) is 10.2 Å². The summed E-state index contributed by atoms with van der Waals surface area (Å²) in [4.78, 5) is 0.166. The van der Waals surface area contributed by atoms with Gasteiger partial charge in [0.1, 0.15) is 21.3 Å². The fourth-order valence-corrected chi connectivity index (χ4v) is 6.94. The van der Waals surface area contributed by atoms with Gasteiger partial charge in [0.15, 0.2) is 0 Å². The van der Waals surface area contributed by atoms with E-state index in [0.717, 1.165) is 0 Å². The number of hydrogen-bond acceptors (Lipinski definition) is 7. The lowest BCUT2D eigenvalue weighted by Crippen LogP contribution is -2.37. The van der Waals surface area contributed by atoms with Gasteiger partial charge in [-0.15, -0.1) is 0 Å². The van der Waals surface area contributed by atoms with Crippen LogP contribution in [0.15, 0.2) is 28.0 Å². The average Bonchev–Trinajstić information content (AvgIpc) is 2.92. The summed E-state index contributed by atoms with van der Waals surface area (Å²) in [6.45, 7) is 3.78. The summed E-state index contributed by atoms with van der Waals surface area (Å²) in [6.07, 6.45) is 0.368. The van der Waals surface area contributed by atoms with Crippen molar-refractivity contribution in [2.24, 2.45) is 0 Å². The maximum absolute atomic E-state index is 13.2. The lowest BCUT2D eigenvalue weighted by Gasteiger charge is -2.22. The molecule has 0 amide bonds. The Labute approximate surface area is 176 Å². The molecule has 0 aliphatic carbocycles. The molecule has 0 saturated carbocycles. The van der Waals surface area contributed by atoms with Crippen molar-refractivity contribution < 1.29 is 26.3 Å². The largest absolute Gasteiger partial charge is 0.497 e. The summed E-state index contributed by atoms with van der Waals surface area (Å²) >= 11 is 0. The van der Waals surface area contributed by atoms with Gasteiger partial charge in [0.05, 0.1) is 25.6 Å². The Morgan fingerprint density at radius 3 is 2.10 bits per heavy atom. The third-order valence-corrected chi connectivity index (χ3v) is 9.16. The van der Waals surface area contributed by atoms with Crippen molar-refractivity contribution in [3.63, 3.8) is 0 Å². The molecule has 0 radical (unpaired) electrons. The predicted octanol–water partition coefficient (Wildman–Crippen LogP) is 1.13. The van der Waals surface area contributed by atoms with Crippen LogP contribution in [0.5, 0.6) is 11.5 Å². The molecule has 2 aromatic rings. The van der Waals surface area contributed by atoms with Crippen LogP contribution in [-0.2, 0) is 20.0 Å². The summed E-state index contributed by atoms with van der Waals surface area (Å²) in [7, 11) is -4.79. The van der Waals surface area contributed by atoms with Crippen molar-refractivity contribution in [1.82, 2.24) is 18.8 Å². The van der Waals surface area contributed by atoms with Crippen molar-refractivity contribution in [2.45, 2.75) is 30.1 Å². The number of methoxy groups -OCH3 is 2. The second-order valence-electron chi connectivity index (χ2n) is 6.94. The van der Waals surface area contributed by atoms with Crippen molar-refractivity contribution in [3.05, 3.63) is 29.6 Å². The first-order valence-electron chi connectivity index (χ1n) is 9.36. The zero-order valence-electron chi connectivity index (χ0n) is 17.4. The number of benzene rings is 1. The van der Waals surface area contributed by atoms with E-state index in [0.29, 0.717) is 23.6 Å². The Hall–Kier alpha value is -2.15. The first-order valence-corrected chi connectivity index (χ1v) is 12.2. The highest BCUT2D eigenvalue weighted by Crippen LogP contribution is 2.31. The fraction of sp³-hybridized carbons (Fsp3) is 0.500. The third kappa shape index (κ3) is 4.04. The van der Waals surface area contributed by atoms with Crippen molar-refractivity contribution in [3.8, 4) is 11.5 Å². The molecule has 12 heteroatoms. The minimum absolute atomic E-state index is 0.0173. The smallest absolute Gasteiger partial charge is 0.246 e. The average molecular weight is 459 g/mol. The second-order valence-corrected chi connectivity index (χ2v) is 10.7. The second kappa shape index (κ2) is 8.53. The molecule has 10 nitrogen and oxygen atoms in total. The standard InChI is InChI=1S/C18H26N4O6S2/c1-13-18(14(2)20-19-13)30(25,26)22-9-5-8-21(10-11-22)29(23,24)17-7-6-15(27-3)12-16(17)28-4/h6-7,12H,5,8-11H2,1-4H3,(H,19,20). The highest BCUT2D eigenvalue weighted by molar-refractivity contribution is 7.89. The van der Waals surface area contributed by atoms with Crippen molar-refractivity contribution >= 4 is 20.0 Å². The van der Waals surface area contributed by atoms with Crippen LogP contribution in [0.3, 0.4) is 0 Å². The molecule has 0 spiro atoms. The van der Waals surface area contributed by atoms with Gasteiger partial charge in [-0.2, -0.15) is 13.7 Å². The van der Waals surface area contributed by atoms with Crippen LogP contribution in [0, 0.1) is 13.8 Å². The van der Waals surface area contributed by atoms with Gasteiger partial charge in [-0.3, -0.25) is 5.10 Å². The lowest BCUT2D eigenvalue weighted by molar-refractivity contribution is 0.379. The molecule has 1 aliphatic rings. The molecule has 166 valence electrons. The maximum atomic E-state index is 13.2. The van der Waals surface area contributed by atoms with E-state index in [1.54, 1.807) is 19.9 Å². The zero-order chi connectivity index (χ0) is 22.1. The van der Waals surface area contributed by atoms with E-state index in [1.807, 2.05) is 0 Å². The summed E-state index contributed by atoms with van der Waals surface area (Å²) in [5.41, 5.74) is 0.855. The Bertz CT molecular complexity index is 1110. The van der Waals surface area contributed by atoms with Gasteiger partial charge in [-0.05, 0) is 32.4 Å². The summed E-state index contributed by atoms with van der Waals surface area (Å²) in [5.74, 6) is 0.650. The Morgan fingerprint density at radius 1 is 0.933 bits per heavy atom. The van der Waals surface area contributed by atoms with Crippen molar-refractivity contribution in [1.29, 1.82) is 0 Å². The number of hydrogen-bond donors (Lipinski definition) is 1. The Kier molecular flexibility index (Phi) is 6.41. The first kappa shape index (κ1) is 22.5. The molecule has 0 bridgehead atoms. The molecule has 0 unspecified atom stereocenters. The first-order chi connectivity index (χ1) is 14.1. The monoisotopic (exact) mass is 458 g/mol. The number of rotatable bonds is 6. The van der Waals surface area contributed by atoms with Crippen LogP contribution in [-0.4, -0.2) is 76.0 Å². The lowest BCUT2D eigenvalue weighted by atomic mass is 10.3. The molecule has 1 aromatic carbocycles. The molecule has 1 saturated heterocycles. The molecule has 1 aliphatic heterocycles. The number of ether oxygens (including phenoxy) is 2. The normalized spacial score (nSPS) is 16.9. The van der Waals surface area contributed by atoms with E-state index in [-0.39, 0.29) is 41.7 Å².